The average Bonchev–Trinajstić information content (AvgIpc) is 3.20. The first-order valence-corrected chi connectivity index (χ1v) is 10.6. The Morgan fingerprint density at radius 3 is 2.52 bits per heavy atom. The molecule has 0 radical (unpaired) electrons. The van der Waals surface area contributed by atoms with Crippen molar-refractivity contribution < 1.29 is 24.6 Å². The summed E-state index contributed by atoms with van der Waals surface area (Å²) in [6.45, 7) is 4.05. The van der Waals surface area contributed by atoms with Gasteiger partial charge in [0.1, 0.15) is 17.6 Å². The molecule has 3 rings (SSSR count). The van der Waals surface area contributed by atoms with Crippen LogP contribution in [0.1, 0.15) is 26.7 Å². The van der Waals surface area contributed by atoms with Gasteiger partial charge in [-0.1, -0.05) is 0 Å². The molecule has 5 atom stereocenters. The fraction of sp³-hybridized carbons (Fsp3) is 0.684. The van der Waals surface area contributed by atoms with Gasteiger partial charge in [-0.25, -0.2) is 4.79 Å². The minimum Gasteiger partial charge on any atom is -0.477 e. The van der Waals surface area contributed by atoms with Gasteiger partial charge in [-0.2, -0.15) is 0 Å². The number of fused-ring (bicyclic) bond motifs is 1. The van der Waals surface area contributed by atoms with Crippen LogP contribution < -0.4 is 0 Å². The molecule has 2 N–H and O–H groups in total. The average molecular weight is 425 g/mol. The number of aliphatic hydroxyl groups is 1. The van der Waals surface area contributed by atoms with Crippen molar-refractivity contribution in [2.45, 2.75) is 50.1 Å². The van der Waals surface area contributed by atoms with E-state index >= 15 is 0 Å². The molecule has 0 aromatic rings. The standard InChI is InChI=1S/C19H28N4O5S/c1-6-22(5)17(25)10-7-13(16(20-10)21(3)4)29-12-8-11-14(9(2)24)18(26)23(11)15(12)19(27)28/h9-11,13-14,24H,6-8H2,1-5H3,(H,27,28)/t9-,10+,11-,13?,14-/m1/s1. The molecule has 10 heteroatoms. The van der Waals surface area contributed by atoms with E-state index in [4.69, 9.17) is 0 Å². The summed E-state index contributed by atoms with van der Waals surface area (Å²) in [5.74, 6) is -1.37. The lowest BCUT2D eigenvalue weighted by molar-refractivity contribution is -0.161. The summed E-state index contributed by atoms with van der Waals surface area (Å²) < 4.78 is 0. The van der Waals surface area contributed by atoms with E-state index in [0.717, 1.165) is 5.84 Å². The Hall–Kier alpha value is -2.07. The normalized spacial score (nSPS) is 29.4. The molecule has 0 saturated carbocycles. The van der Waals surface area contributed by atoms with E-state index in [1.807, 2.05) is 25.9 Å². The third kappa shape index (κ3) is 3.63. The van der Waals surface area contributed by atoms with Gasteiger partial charge in [-0.3, -0.25) is 14.6 Å². The lowest BCUT2D eigenvalue weighted by Gasteiger charge is -2.44. The van der Waals surface area contributed by atoms with Crippen molar-refractivity contribution in [1.82, 2.24) is 14.7 Å². The maximum Gasteiger partial charge on any atom is 0.353 e. The van der Waals surface area contributed by atoms with Crippen molar-refractivity contribution in [2.24, 2.45) is 10.9 Å². The zero-order valence-electron chi connectivity index (χ0n) is 17.3. The number of aliphatic hydroxyl groups excluding tert-OH is 1. The number of aliphatic imine (C=N–C) groups is 1. The lowest BCUT2D eigenvalue weighted by atomic mass is 9.83. The summed E-state index contributed by atoms with van der Waals surface area (Å²) in [7, 11) is 5.44. The van der Waals surface area contributed by atoms with Gasteiger partial charge in [0.05, 0.1) is 23.3 Å². The van der Waals surface area contributed by atoms with E-state index in [2.05, 4.69) is 4.99 Å². The number of carbonyl (C=O) groups is 3. The molecule has 1 saturated heterocycles. The number of β-lactam (4-membered cyclic amide) rings is 1. The summed E-state index contributed by atoms with van der Waals surface area (Å²) in [4.78, 5) is 46.8. The zero-order valence-corrected chi connectivity index (χ0v) is 18.1. The molecule has 0 aromatic carbocycles. The molecule has 1 fully saturated rings. The molecule has 0 spiro atoms. The first kappa shape index (κ1) is 21.6. The van der Waals surface area contributed by atoms with Gasteiger partial charge in [0.25, 0.3) is 0 Å². The van der Waals surface area contributed by atoms with Crippen molar-refractivity contribution in [2.75, 3.05) is 27.7 Å². The Bertz CT molecular complexity index is 793. The first-order valence-electron chi connectivity index (χ1n) is 9.72. The van der Waals surface area contributed by atoms with Crippen molar-refractivity contribution >= 4 is 35.4 Å². The number of amidine groups is 1. The second-order valence-corrected chi connectivity index (χ2v) is 9.21. The van der Waals surface area contributed by atoms with Crippen LogP contribution in [0.25, 0.3) is 0 Å². The Kier molecular flexibility index (Phi) is 5.96. The predicted molar refractivity (Wildman–Crippen MR) is 109 cm³/mol. The number of carboxylic acid groups (broad SMARTS) is 1. The molecule has 0 bridgehead atoms. The Morgan fingerprint density at radius 1 is 1.34 bits per heavy atom. The minimum absolute atomic E-state index is 0.000425. The van der Waals surface area contributed by atoms with E-state index < -0.39 is 24.0 Å². The highest BCUT2D eigenvalue weighted by molar-refractivity contribution is 8.04. The van der Waals surface area contributed by atoms with Crippen LogP contribution >= 0.6 is 11.8 Å². The van der Waals surface area contributed by atoms with Gasteiger partial charge in [-0.15, -0.1) is 11.8 Å². The quantitative estimate of drug-likeness (QED) is 0.586. The fourth-order valence-electron chi connectivity index (χ4n) is 4.18. The van der Waals surface area contributed by atoms with Gasteiger partial charge in [0.15, 0.2) is 0 Å². The summed E-state index contributed by atoms with van der Waals surface area (Å²) in [5, 5.41) is 19.4. The highest BCUT2D eigenvalue weighted by atomic mass is 32.2. The smallest absolute Gasteiger partial charge is 0.353 e. The van der Waals surface area contributed by atoms with Crippen LogP contribution in [0.15, 0.2) is 15.6 Å². The van der Waals surface area contributed by atoms with Crippen LogP contribution in [-0.2, 0) is 14.4 Å². The minimum atomic E-state index is -1.15. The number of carboxylic acids is 1. The molecular weight excluding hydrogens is 396 g/mol. The molecular formula is C19H28N4O5S. The SMILES string of the molecule is CCN(C)C(=O)[C@@H]1CC(SC2=C(C(=O)O)N3C(=O)[C@H]([C@@H](C)O)[C@H]3C2)C(N(C)C)=N1. The Balaban J connectivity index is 1.83. The van der Waals surface area contributed by atoms with Crippen LogP contribution in [0.4, 0.5) is 0 Å². The lowest BCUT2D eigenvalue weighted by Crippen LogP contribution is -2.61. The van der Waals surface area contributed by atoms with Gasteiger partial charge < -0.3 is 24.9 Å². The largest absolute Gasteiger partial charge is 0.477 e. The fourth-order valence-corrected chi connectivity index (χ4v) is 5.75. The molecule has 3 aliphatic rings. The number of rotatable bonds is 6. The van der Waals surface area contributed by atoms with E-state index in [-0.39, 0.29) is 28.8 Å². The molecule has 3 aliphatic heterocycles. The Morgan fingerprint density at radius 2 is 2.00 bits per heavy atom. The third-order valence-corrected chi connectivity index (χ3v) is 7.11. The van der Waals surface area contributed by atoms with E-state index in [1.54, 1.807) is 18.9 Å². The van der Waals surface area contributed by atoms with Crippen molar-refractivity contribution in [3.05, 3.63) is 10.6 Å². The molecule has 0 aromatic heterocycles. The number of likely N-dealkylation sites (N-methyl/N-ethyl adjacent to an activating group) is 1. The Labute approximate surface area is 174 Å². The predicted octanol–water partition coefficient (Wildman–Crippen LogP) is 0.207. The van der Waals surface area contributed by atoms with Gasteiger partial charge in [0, 0.05) is 39.0 Å². The highest BCUT2D eigenvalue weighted by Gasteiger charge is 2.57. The molecule has 29 heavy (non-hydrogen) atoms. The number of hydrogen-bond donors (Lipinski definition) is 2. The third-order valence-electron chi connectivity index (χ3n) is 5.78. The van der Waals surface area contributed by atoms with Crippen LogP contribution in [0.5, 0.6) is 0 Å². The molecule has 9 nitrogen and oxygen atoms in total. The monoisotopic (exact) mass is 424 g/mol. The maximum absolute atomic E-state index is 12.6. The van der Waals surface area contributed by atoms with Crippen LogP contribution in [0.3, 0.4) is 0 Å². The maximum atomic E-state index is 12.6. The summed E-state index contributed by atoms with van der Waals surface area (Å²) in [5.41, 5.74) is 0.000425. The molecule has 3 heterocycles. The number of hydrogen-bond acceptors (Lipinski definition) is 7. The van der Waals surface area contributed by atoms with Crippen molar-refractivity contribution in [1.29, 1.82) is 0 Å². The molecule has 0 aliphatic carbocycles. The van der Waals surface area contributed by atoms with Crippen LogP contribution in [-0.4, -0.2) is 99.7 Å². The summed E-state index contributed by atoms with van der Waals surface area (Å²) >= 11 is 1.37. The number of amides is 2. The molecule has 160 valence electrons. The van der Waals surface area contributed by atoms with E-state index in [0.29, 0.717) is 24.3 Å². The number of carbonyl (C=O) groups excluding carboxylic acids is 2. The van der Waals surface area contributed by atoms with E-state index in [9.17, 15) is 24.6 Å². The van der Waals surface area contributed by atoms with Gasteiger partial charge in [0.2, 0.25) is 11.8 Å². The first-order chi connectivity index (χ1) is 13.6. The number of nitrogens with zero attached hydrogens (tertiary/aromatic N) is 4. The van der Waals surface area contributed by atoms with Crippen LogP contribution in [0.2, 0.25) is 0 Å². The second-order valence-electron chi connectivity index (χ2n) is 7.92. The topological polar surface area (TPSA) is 114 Å². The van der Waals surface area contributed by atoms with E-state index in [1.165, 1.54) is 16.7 Å². The summed E-state index contributed by atoms with van der Waals surface area (Å²) in [6.07, 6.45) is 0.0641. The number of aliphatic carboxylic acids is 1. The van der Waals surface area contributed by atoms with Crippen molar-refractivity contribution in [3.63, 3.8) is 0 Å². The van der Waals surface area contributed by atoms with Crippen molar-refractivity contribution in [3.8, 4) is 0 Å². The molecule has 1 unspecified atom stereocenters. The van der Waals surface area contributed by atoms with Gasteiger partial charge in [-0.05, 0) is 20.3 Å². The summed E-state index contributed by atoms with van der Waals surface area (Å²) in [6, 6.07) is -0.810. The van der Waals surface area contributed by atoms with Crippen LogP contribution in [0, 0.1) is 5.92 Å². The zero-order chi connectivity index (χ0) is 21.6. The second kappa shape index (κ2) is 7.98. The number of thioether (sulfide) groups is 1. The van der Waals surface area contributed by atoms with Gasteiger partial charge >= 0.3 is 5.97 Å². The highest BCUT2D eigenvalue weighted by Crippen LogP contribution is 2.49. The molecule has 2 amide bonds.